The van der Waals surface area contributed by atoms with E-state index in [9.17, 15) is 19.2 Å². The van der Waals surface area contributed by atoms with Crippen LogP contribution in [0.3, 0.4) is 0 Å². The van der Waals surface area contributed by atoms with Gasteiger partial charge in [0.25, 0.3) is 5.56 Å². The molecule has 1 atom stereocenters. The molecule has 3 rings (SSSR count). The highest BCUT2D eigenvalue weighted by Gasteiger charge is 2.18. The lowest BCUT2D eigenvalue weighted by molar-refractivity contribution is -0.142. The number of amides is 1. The van der Waals surface area contributed by atoms with Crippen molar-refractivity contribution in [2.75, 3.05) is 5.73 Å². The Morgan fingerprint density at radius 3 is 2.32 bits per heavy atom. The molecule has 0 aromatic carbocycles. The average Bonchev–Trinajstić information content (AvgIpc) is 3.37. The lowest BCUT2D eigenvalue weighted by Crippen LogP contribution is -2.39. The molecule has 0 aliphatic carbocycles. The molecule has 12 heteroatoms. The summed E-state index contributed by atoms with van der Waals surface area (Å²) in [7, 11) is 0. The van der Waals surface area contributed by atoms with Gasteiger partial charge in [-0.25, -0.2) is 4.79 Å². The van der Waals surface area contributed by atoms with E-state index in [0.717, 1.165) is 12.1 Å². The maximum atomic E-state index is 11.3. The Kier molecular flexibility index (Phi) is 10.5. The van der Waals surface area contributed by atoms with E-state index in [0.29, 0.717) is 11.0 Å². The fourth-order valence-corrected chi connectivity index (χ4v) is 2.73. The first kappa shape index (κ1) is 25.4. The largest absolute Gasteiger partial charge is 0.481 e. The van der Waals surface area contributed by atoms with Crippen LogP contribution in [0.4, 0.5) is 5.95 Å². The molecule has 3 aromatic heterocycles. The van der Waals surface area contributed by atoms with E-state index < -0.39 is 23.9 Å². The van der Waals surface area contributed by atoms with Crippen LogP contribution in [0.5, 0.6) is 0 Å². The second-order valence-corrected chi connectivity index (χ2v) is 6.99. The van der Waals surface area contributed by atoms with Crippen LogP contribution >= 0.6 is 11.3 Å². The number of fused-ring (bicyclic) bond motifs is 1. The summed E-state index contributed by atoms with van der Waals surface area (Å²) in [5.74, 6) is -2.66. The fourth-order valence-electron chi connectivity index (χ4n) is 2.28. The highest BCUT2D eigenvalue weighted by molar-refractivity contribution is 7.07. The Morgan fingerprint density at radius 1 is 1.23 bits per heavy atom. The lowest BCUT2D eigenvalue weighted by atomic mass is 10.1. The maximum Gasteiger partial charge on any atom is 0.326 e. The number of aliphatic carboxylic acids is 2. The van der Waals surface area contributed by atoms with E-state index in [1.54, 1.807) is 17.4 Å². The number of hydrogen-bond acceptors (Lipinski definition) is 7. The van der Waals surface area contributed by atoms with Gasteiger partial charge < -0.3 is 26.2 Å². The molecule has 3 aromatic rings. The number of rotatable bonds is 6. The first-order chi connectivity index (χ1) is 14.6. The molecule has 0 saturated carbocycles. The van der Waals surface area contributed by atoms with E-state index in [1.165, 1.54) is 6.92 Å². The van der Waals surface area contributed by atoms with Crippen LogP contribution in [0.2, 0.25) is 0 Å². The van der Waals surface area contributed by atoms with E-state index in [-0.39, 0.29) is 24.3 Å². The molecule has 1 amide bonds. The van der Waals surface area contributed by atoms with Crippen molar-refractivity contribution < 1.29 is 24.6 Å². The molecule has 0 spiro atoms. The molecule has 0 bridgehead atoms. The summed E-state index contributed by atoms with van der Waals surface area (Å²) in [4.78, 5) is 51.8. The van der Waals surface area contributed by atoms with Gasteiger partial charge in [-0.2, -0.15) is 16.3 Å². The van der Waals surface area contributed by atoms with Crippen molar-refractivity contribution in [1.29, 1.82) is 0 Å². The molecule has 0 unspecified atom stereocenters. The van der Waals surface area contributed by atoms with Crippen LogP contribution in [-0.2, 0) is 20.8 Å². The molecule has 3 heterocycles. The normalized spacial score (nSPS) is 10.8. The topological polar surface area (TPSA) is 191 Å². The Hall–Kier alpha value is -3.67. The molecule has 11 nitrogen and oxygen atoms in total. The molecule has 0 aliphatic rings. The minimum Gasteiger partial charge on any atom is -0.481 e. The van der Waals surface area contributed by atoms with Gasteiger partial charge in [0.2, 0.25) is 11.9 Å². The second-order valence-electron chi connectivity index (χ2n) is 6.18. The number of aryl methyl sites for hydroxylation is 1. The zero-order chi connectivity index (χ0) is 23.4. The van der Waals surface area contributed by atoms with Gasteiger partial charge in [-0.15, -0.1) is 0 Å². The van der Waals surface area contributed by atoms with E-state index in [2.05, 4.69) is 20.3 Å². The number of carbonyl (C=O) groups excluding carboxylic acids is 1. The van der Waals surface area contributed by atoms with Gasteiger partial charge in [0.05, 0.1) is 5.39 Å². The second kappa shape index (κ2) is 12.8. The number of carboxylic acids is 2. The molecule has 0 radical (unpaired) electrons. The quantitative estimate of drug-likeness (QED) is 0.325. The predicted molar refractivity (Wildman–Crippen MR) is 117 cm³/mol. The van der Waals surface area contributed by atoms with Crippen molar-refractivity contribution >= 4 is 46.2 Å². The summed E-state index contributed by atoms with van der Waals surface area (Å²) in [5, 5.41) is 23.6. The third kappa shape index (κ3) is 9.58. The number of nitrogens with one attached hydrogen (secondary N) is 3. The minimum absolute atomic E-state index is 0.107. The van der Waals surface area contributed by atoms with Crippen molar-refractivity contribution in [3.63, 3.8) is 0 Å². The van der Waals surface area contributed by atoms with Crippen LogP contribution < -0.4 is 16.6 Å². The van der Waals surface area contributed by atoms with Crippen LogP contribution in [0, 0.1) is 0 Å². The molecule has 0 saturated heterocycles. The summed E-state index contributed by atoms with van der Waals surface area (Å²) >= 11 is 1.71. The van der Waals surface area contributed by atoms with Gasteiger partial charge in [0, 0.05) is 19.0 Å². The number of aromatic nitrogens is 3. The number of H-pyrrole nitrogens is 2. The van der Waals surface area contributed by atoms with Crippen molar-refractivity contribution in [3.8, 4) is 0 Å². The summed E-state index contributed by atoms with van der Waals surface area (Å²) < 4.78 is 0. The summed E-state index contributed by atoms with van der Waals surface area (Å²) in [6.45, 7) is 3.18. The molecular formula is C19H25N5O6S. The van der Waals surface area contributed by atoms with Gasteiger partial charge in [0.15, 0.2) is 0 Å². The first-order valence-electron chi connectivity index (χ1n) is 9.20. The van der Waals surface area contributed by atoms with Gasteiger partial charge >= 0.3 is 11.9 Å². The SMILES string of the molecule is CC(=O)N[C@@H](CCC(=O)O)C(=O)O.CCc1cc2c(=O)[nH]c(N)nc2[nH]1.c1ccsc1. The Bertz CT molecular complexity index is 1030. The smallest absolute Gasteiger partial charge is 0.326 e. The summed E-state index contributed by atoms with van der Waals surface area (Å²) in [6.07, 6.45) is 0.456. The first-order valence-corrected chi connectivity index (χ1v) is 10.1. The minimum atomic E-state index is -1.23. The van der Waals surface area contributed by atoms with Crippen LogP contribution in [0.1, 0.15) is 32.4 Å². The van der Waals surface area contributed by atoms with Crippen molar-refractivity contribution in [1.82, 2.24) is 20.3 Å². The lowest BCUT2D eigenvalue weighted by Gasteiger charge is -2.10. The van der Waals surface area contributed by atoms with Gasteiger partial charge in [-0.1, -0.05) is 19.1 Å². The monoisotopic (exact) mass is 451 g/mol. The Morgan fingerprint density at radius 2 is 1.87 bits per heavy atom. The third-order valence-corrected chi connectivity index (χ3v) is 4.33. The van der Waals surface area contributed by atoms with Crippen LogP contribution in [-0.4, -0.2) is 49.1 Å². The summed E-state index contributed by atoms with van der Waals surface area (Å²) in [6, 6.07) is 4.71. The third-order valence-electron chi connectivity index (χ3n) is 3.70. The molecule has 168 valence electrons. The fraction of sp³-hybridized carbons (Fsp3) is 0.316. The number of hydrogen-bond donors (Lipinski definition) is 6. The zero-order valence-electron chi connectivity index (χ0n) is 17.0. The molecule has 7 N–H and O–H groups in total. The number of carbonyl (C=O) groups is 3. The van der Waals surface area contributed by atoms with Crippen molar-refractivity contribution in [3.05, 3.63) is 45.0 Å². The van der Waals surface area contributed by atoms with Crippen LogP contribution in [0.25, 0.3) is 11.0 Å². The van der Waals surface area contributed by atoms with Gasteiger partial charge in [0.1, 0.15) is 11.7 Å². The Labute approximate surface area is 181 Å². The van der Waals surface area contributed by atoms with Gasteiger partial charge in [-0.3, -0.25) is 19.4 Å². The van der Waals surface area contributed by atoms with Crippen molar-refractivity contribution in [2.24, 2.45) is 0 Å². The van der Waals surface area contributed by atoms with E-state index >= 15 is 0 Å². The highest BCUT2D eigenvalue weighted by Crippen LogP contribution is 2.09. The molecule has 0 fully saturated rings. The average molecular weight is 452 g/mol. The molecule has 31 heavy (non-hydrogen) atoms. The number of thiophene rings is 1. The number of carboxylic acid groups (broad SMARTS) is 2. The van der Waals surface area contributed by atoms with Gasteiger partial charge in [-0.05, 0) is 29.7 Å². The number of nitrogens with two attached hydrogens (primary N) is 1. The number of aromatic amines is 2. The number of nitrogens with zero attached hydrogens (tertiary/aromatic N) is 1. The zero-order valence-corrected chi connectivity index (χ0v) is 17.9. The van der Waals surface area contributed by atoms with Crippen molar-refractivity contribution in [2.45, 2.75) is 39.2 Å². The molecular weight excluding hydrogens is 426 g/mol. The number of anilines is 1. The predicted octanol–water partition coefficient (Wildman–Crippen LogP) is 1.58. The summed E-state index contributed by atoms with van der Waals surface area (Å²) in [5.41, 5.74) is 6.73. The molecule has 0 aliphatic heterocycles. The maximum absolute atomic E-state index is 11.3. The van der Waals surface area contributed by atoms with E-state index in [4.69, 9.17) is 15.9 Å². The standard InChI is InChI=1S/C8H10N4O.C7H11NO5.C4H4S/c1-2-4-3-5-6(10-4)11-8(9)12-7(5)13;1-4(9)8-5(7(12)13)2-3-6(10)11;1-2-4-5-3-1/h3H,2H2,1H3,(H4,9,10,11,12,13);5H,2-3H2,1H3,(H,8,9)(H,10,11)(H,12,13);1-4H/t;5-;/m.0./s1. The number of nitrogen functional groups attached to an aromatic ring is 1. The van der Waals surface area contributed by atoms with Crippen LogP contribution in [0.15, 0.2) is 33.8 Å². The highest BCUT2D eigenvalue weighted by atomic mass is 32.1. The van der Waals surface area contributed by atoms with E-state index in [1.807, 2.05) is 29.8 Å². The Balaban J connectivity index is 0.000000254.